The fourth-order valence-corrected chi connectivity index (χ4v) is 2.32. The van der Waals surface area contributed by atoms with E-state index < -0.39 is 11.8 Å². The number of ether oxygens (including phenoxy) is 1. The second-order valence-electron chi connectivity index (χ2n) is 4.98. The van der Waals surface area contributed by atoms with Gasteiger partial charge in [0, 0.05) is 10.0 Å². The van der Waals surface area contributed by atoms with E-state index in [1.54, 1.807) is 36.4 Å². The zero-order chi connectivity index (χ0) is 18.9. The first-order chi connectivity index (χ1) is 12.4. The number of halogens is 3. The minimum Gasteiger partial charge on any atom is -0.482 e. The maximum absolute atomic E-state index is 11.7. The lowest BCUT2D eigenvalue weighted by atomic mass is 10.2. The summed E-state index contributed by atoms with van der Waals surface area (Å²) in [5.41, 5.74) is 3.07. The quantitative estimate of drug-likeness (QED) is 0.539. The normalized spacial score (nSPS) is 10.6. The van der Waals surface area contributed by atoms with Crippen molar-refractivity contribution in [3.8, 4) is 5.75 Å². The molecule has 0 heterocycles. The third-order valence-corrected chi connectivity index (χ3v) is 3.75. The summed E-state index contributed by atoms with van der Waals surface area (Å²) in [7, 11) is 0. The first-order valence-electron chi connectivity index (χ1n) is 7.36. The van der Waals surface area contributed by atoms with Crippen LogP contribution in [0.15, 0.2) is 47.6 Å². The maximum Gasteiger partial charge on any atom is 0.259 e. The number of nitrogens with one attached hydrogen (secondary N) is 2. The van der Waals surface area contributed by atoms with Crippen molar-refractivity contribution in [1.29, 1.82) is 0 Å². The topological polar surface area (TPSA) is 79.8 Å². The molecule has 0 saturated heterocycles. The van der Waals surface area contributed by atoms with Crippen molar-refractivity contribution in [3.63, 3.8) is 0 Å². The van der Waals surface area contributed by atoms with Gasteiger partial charge in [-0.1, -0.05) is 46.9 Å². The molecule has 0 bridgehead atoms. The van der Waals surface area contributed by atoms with Crippen LogP contribution in [0.5, 0.6) is 5.75 Å². The highest BCUT2D eigenvalue weighted by atomic mass is 35.5. The smallest absolute Gasteiger partial charge is 0.259 e. The zero-order valence-corrected chi connectivity index (χ0v) is 15.6. The van der Waals surface area contributed by atoms with Gasteiger partial charge < -0.3 is 10.1 Å². The second kappa shape index (κ2) is 10.0. The van der Waals surface area contributed by atoms with Crippen molar-refractivity contribution in [2.75, 3.05) is 13.2 Å². The van der Waals surface area contributed by atoms with E-state index in [0.717, 1.165) is 5.56 Å². The van der Waals surface area contributed by atoms with Crippen molar-refractivity contribution in [2.45, 2.75) is 0 Å². The SMILES string of the molecule is O=C(COc1ccc(Cl)cc1Cl)NCC(=O)N/N=C/c1ccc(Cl)cc1. The van der Waals surface area contributed by atoms with Crippen LogP contribution >= 0.6 is 34.8 Å². The van der Waals surface area contributed by atoms with E-state index in [2.05, 4.69) is 15.8 Å². The molecule has 0 aliphatic heterocycles. The number of amides is 2. The summed E-state index contributed by atoms with van der Waals surface area (Å²) in [6.07, 6.45) is 1.46. The van der Waals surface area contributed by atoms with Crippen LogP contribution in [0.2, 0.25) is 15.1 Å². The third kappa shape index (κ3) is 6.92. The monoisotopic (exact) mass is 413 g/mol. The minimum absolute atomic E-state index is 0.242. The molecular formula is C17H14Cl3N3O3. The Hall–Kier alpha value is -2.28. The average Bonchev–Trinajstić information content (AvgIpc) is 2.61. The zero-order valence-electron chi connectivity index (χ0n) is 13.3. The van der Waals surface area contributed by atoms with Crippen LogP contribution in [0, 0.1) is 0 Å². The summed E-state index contributed by atoms with van der Waals surface area (Å²) in [6.45, 7) is -0.531. The summed E-state index contributed by atoms with van der Waals surface area (Å²) < 4.78 is 5.26. The van der Waals surface area contributed by atoms with Gasteiger partial charge in [0.05, 0.1) is 17.8 Å². The molecule has 2 amide bonds. The van der Waals surface area contributed by atoms with Crippen molar-refractivity contribution in [1.82, 2.24) is 10.7 Å². The van der Waals surface area contributed by atoms with Crippen molar-refractivity contribution >= 4 is 52.8 Å². The van der Waals surface area contributed by atoms with Gasteiger partial charge >= 0.3 is 0 Å². The van der Waals surface area contributed by atoms with Gasteiger partial charge in [-0.15, -0.1) is 0 Å². The van der Waals surface area contributed by atoms with Crippen LogP contribution in [0.25, 0.3) is 0 Å². The molecule has 0 aliphatic carbocycles. The summed E-state index contributed by atoms with van der Waals surface area (Å²) in [4.78, 5) is 23.3. The molecule has 0 aromatic heterocycles. The molecule has 136 valence electrons. The highest BCUT2D eigenvalue weighted by Crippen LogP contribution is 2.27. The number of hydrazone groups is 1. The van der Waals surface area contributed by atoms with E-state index >= 15 is 0 Å². The highest BCUT2D eigenvalue weighted by molar-refractivity contribution is 6.35. The number of nitrogens with zero attached hydrogens (tertiary/aromatic N) is 1. The Morgan fingerprint density at radius 1 is 1.00 bits per heavy atom. The predicted octanol–water partition coefficient (Wildman–Crippen LogP) is 3.29. The van der Waals surface area contributed by atoms with Crippen LogP contribution in [-0.4, -0.2) is 31.2 Å². The Labute approximate surface area is 165 Å². The molecule has 0 aliphatic rings. The summed E-state index contributed by atoms with van der Waals surface area (Å²) in [5.74, 6) is -0.635. The van der Waals surface area contributed by atoms with Gasteiger partial charge in [-0.3, -0.25) is 9.59 Å². The molecule has 0 atom stereocenters. The van der Waals surface area contributed by atoms with Gasteiger partial charge in [-0.2, -0.15) is 5.10 Å². The fraction of sp³-hybridized carbons (Fsp3) is 0.118. The van der Waals surface area contributed by atoms with Crippen molar-refractivity contribution in [2.24, 2.45) is 5.10 Å². The van der Waals surface area contributed by atoms with E-state index in [9.17, 15) is 9.59 Å². The van der Waals surface area contributed by atoms with E-state index in [1.165, 1.54) is 12.3 Å². The Kier molecular flexibility index (Phi) is 7.72. The molecule has 2 N–H and O–H groups in total. The summed E-state index contributed by atoms with van der Waals surface area (Å²) in [5, 5.41) is 7.55. The first kappa shape index (κ1) is 20.0. The molecule has 0 unspecified atom stereocenters. The third-order valence-electron chi connectivity index (χ3n) is 2.97. The average molecular weight is 415 g/mol. The minimum atomic E-state index is -0.479. The van der Waals surface area contributed by atoms with E-state index in [1.807, 2.05) is 0 Å². The standard InChI is InChI=1S/C17H14Cl3N3O3/c18-12-3-1-11(2-4-12)8-22-23-16(24)9-21-17(25)10-26-15-6-5-13(19)7-14(15)20/h1-8H,9-10H2,(H,21,25)(H,23,24)/b22-8+. The number of hydrogen-bond donors (Lipinski definition) is 2. The Morgan fingerprint density at radius 2 is 1.69 bits per heavy atom. The van der Waals surface area contributed by atoms with Gasteiger partial charge in [0.2, 0.25) is 0 Å². The molecule has 9 heteroatoms. The molecule has 2 rings (SSSR count). The Morgan fingerprint density at radius 3 is 2.38 bits per heavy atom. The molecule has 6 nitrogen and oxygen atoms in total. The molecule has 2 aromatic rings. The molecule has 0 radical (unpaired) electrons. The largest absolute Gasteiger partial charge is 0.482 e. The highest BCUT2D eigenvalue weighted by Gasteiger charge is 2.08. The summed E-state index contributed by atoms with van der Waals surface area (Å²) >= 11 is 17.5. The number of carbonyl (C=O) groups is 2. The van der Waals surface area contributed by atoms with Gasteiger partial charge in [-0.25, -0.2) is 5.43 Å². The van der Waals surface area contributed by atoms with Gasteiger partial charge in [0.25, 0.3) is 11.8 Å². The van der Waals surface area contributed by atoms with Crippen LogP contribution in [0.4, 0.5) is 0 Å². The second-order valence-corrected chi connectivity index (χ2v) is 6.26. The molecule has 0 saturated carbocycles. The van der Waals surface area contributed by atoms with Crippen LogP contribution < -0.4 is 15.5 Å². The first-order valence-corrected chi connectivity index (χ1v) is 8.49. The van der Waals surface area contributed by atoms with Gasteiger partial charge in [0.1, 0.15) is 5.75 Å². The maximum atomic E-state index is 11.7. The van der Waals surface area contributed by atoms with Crippen molar-refractivity contribution in [3.05, 3.63) is 63.1 Å². The number of hydrogen-bond acceptors (Lipinski definition) is 4. The number of benzene rings is 2. The lowest BCUT2D eigenvalue weighted by molar-refractivity contribution is -0.127. The molecule has 2 aromatic carbocycles. The predicted molar refractivity (Wildman–Crippen MR) is 102 cm³/mol. The van der Waals surface area contributed by atoms with E-state index in [0.29, 0.717) is 20.8 Å². The van der Waals surface area contributed by atoms with Crippen LogP contribution in [0.1, 0.15) is 5.56 Å². The molecule has 0 fully saturated rings. The molecular weight excluding hydrogens is 401 g/mol. The summed E-state index contributed by atoms with van der Waals surface area (Å²) in [6, 6.07) is 11.6. The molecule has 26 heavy (non-hydrogen) atoms. The van der Waals surface area contributed by atoms with E-state index in [4.69, 9.17) is 39.5 Å². The fourth-order valence-electron chi connectivity index (χ4n) is 1.73. The Bertz CT molecular complexity index is 811. The van der Waals surface area contributed by atoms with Gasteiger partial charge in [-0.05, 0) is 35.9 Å². The van der Waals surface area contributed by atoms with Crippen molar-refractivity contribution < 1.29 is 14.3 Å². The lowest BCUT2D eigenvalue weighted by Gasteiger charge is -2.08. The Balaban J connectivity index is 1.69. The van der Waals surface area contributed by atoms with Gasteiger partial charge in [0.15, 0.2) is 6.61 Å². The number of carbonyl (C=O) groups excluding carboxylic acids is 2. The van der Waals surface area contributed by atoms with E-state index in [-0.39, 0.29) is 13.2 Å². The van der Waals surface area contributed by atoms with Crippen LogP contribution in [-0.2, 0) is 9.59 Å². The molecule has 0 spiro atoms. The lowest BCUT2D eigenvalue weighted by Crippen LogP contribution is -2.37. The van der Waals surface area contributed by atoms with Crippen LogP contribution in [0.3, 0.4) is 0 Å². The number of rotatable bonds is 7.